The fourth-order valence-electron chi connectivity index (χ4n) is 3.09. The predicted octanol–water partition coefficient (Wildman–Crippen LogP) is 4.23. The minimum Gasteiger partial charge on any atom is -0.491 e. The minimum absolute atomic E-state index is 0.0147. The van der Waals surface area contributed by atoms with Crippen molar-refractivity contribution in [3.05, 3.63) is 64.4 Å². The number of hydrogen-bond acceptors (Lipinski definition) is 3. The summed E-state index contributed by atoms with van der Waals surface area (Å²) < 4.78 is 19.0. The summed E-state index contributed by atoms with van der Waals surface area (Å²) >= 11 is 6.11. The number of benzene rings is 2. The largest absolute Gasteiger partial charge is 0.491 e. The lowest BCUT2D eigenvalue weighted by molar-refractivity contribution is -0.131. The Labute approximate surface area is 162 Å². The number of imide groups is 1. The summed E-state index contributed by atoms with van der Waals surface area (Å²) in [6.07, 6.45) is 0.0147. The number of urea groups is 1. The highest BCUT2D eigenvalue weighted by Gasteiger charge is 2.49. The molecule has 0 aliphatic carbocycles. The van der Waals surface area contributed by atoms with Gasteiger partial charge in [0.1, 0.15) is 17.1 Å². The van der Waals surface area contributed by atoms with E-state index in [-0.39, 0.29) is 17.7 Å². The number of rotatable bonds is 5. The van der Waals surface area contributed by atoms with E-state index in [2.05, 4.69) is 5.32 Å². The maximum absolute atomic E-state index is 13.3. The summed E-state index contributed by atoms with van der Waals surface area (Å²) in [5.41, 5.74) is -0.247. The van der Waals surface area contributed by atoms with E-state index >= 15 is 0 Å². The van der Waals surface area contributed by atoms with Crippen LogP contribution in [0.4, 0.5) is 9.18 Å². The van der Waals surface area contributed by atoms with E-state index in [0.717, 1.165) is 16.5 Å². The van der Waals surface area contributed by atoms with Gasteiger partial charge in [-0.05, 0) is 50.6 Å². The van der Waals surface area contributed by atoms with E-state index in [1.165, 1.54) is 12.1 Å². The van der Waals surface area contributed by atoms with Gasteiger partial charge in [0.2, 0.25) is 0 Å². The molecule has 142 valence electrons. The van der Waals surface area contributed by atoms with Gasteiger partial charge in [-0.15, -0.1) is 0 Å². The van der Waals surface area contributed by atoms with Crippen LogP contribution < -0.4 is 10.1 Å². The smallest absolute Gasteiger partial charge is 0.325 e. The van der Waals surface area contributed by atoms with Crippen molar-refractivity contribution in [1.29, 1.82) is 0 Å². The highest BCUT2D eigenvalue weighted by Crippen LogP contribution is 2.34. The van der Waals surface area contributed by atoms with Crippen molar-refractivity contribution in [3.63, 3.8) is 0 Å². The molecule has 1 N–H and O–H groups in total. The lowest BCUT2D eigenvalue weighted by atomic mass is 9.92. The maximum atomic E-state index is 13.3. The van der Waals surface area contributed by atoms with Gasteiger partial charge in [-0.1, -0.05) is 29.8 Å². The normalized spacial score (nSPS) is 19.6. The van der Waals surface area contributed by atoms with Crippen LogP contribution in [0.2, 0.25) is 5.02 Å². The average Bonchev–Trinajstić information content (AvgIpc) is 2.78. The lowest BCUT2D eigenvalue weighted by Gasteiger charge is -2.23. The molecule has 0 radical (unpaired) electrons. The Morgan fingerprint density at radius 3 is 2.63 bits per heavy atom. The third-order valence-corrected chi connectivity index (χ3v) is 4.67. The molecule has 27 heavy (non-hydrogen) atoms. The third kappa shape index (κ3) is 3.76. The second-order valence-corrected chi connectivity index (χ2v) is 7.29. The molecule has 0 saturated carbocycles. The molecule has 1 unspecified atom stereocenters. The summed E-state index contributed by atoms with van der Waals surface area (Å²) in [5, 5.41) is 2.76. The fraction of sp³-hybridized carbons (Fsp3) is 0.300. The molecular weight excluding hydrogens is 371 g/mol. The van der Waals surface area contributed by atoms with Gasteiger partial charge in [-0.3, -0.25) is 9.69 Å². The van der Waals surface area contributed by atoms with Gasteiger partial charge in [0.25, 0.3) is 5.91 Å². The number of halogens is 2. The Hall–Kier alpha value is -2.60. The second-order valence-electron chi connectivity index (χ2n) is 6.88. The molecule has 3 rings (SSSR count). The van der Waals surface area contributed by atoms with Crippen LogP contribution in [-0.2, 0) is 16.9 Å². The first-order chi connectivity index (χ1) is 12.7. The molecule has 5 nitrogen and oxygen atoms in total. The van der Waals surface area contributed by atoms with Gasteiger partial charge in [-0.2, -0.15) is 0 Å². The molecule has 7 heteroatoms. The molecule has 0 bridgehead atoms. The summed E-state index contributed by atoms with van der Waals surface area (Å²) in [5.74, 6) is -0.293. The number of nitrogens with zero attached hydrogens (tertiary/aromatic N) is 1. The van der Waals surface area contributed by atoms with Crippen LogP contribution in [0.15, 0.2) is 42.5 Å². The first kappa shape index (κ1) is 19.2. The molecule has 1 atom stereocenters. The Balaban J connectivity index is 1.86. The number of nitrogens with one attached hydrogen (secondary N) is 1. The number of hydrogen-bond donors (Lipinski definition) is 1. The molecule has 1 aliphatic rings. The van der Waals surface area contributed by atoms with E-state index in [1.807, 2.05) is 32.0 Å². The molecule has 0 spiro atoms. The van der Waals surface area contributed by atoms with E-state index in [0.29, 0.717) is 11.3 Å². The molecule has 0 aromatic heterocycles. The first-order valence-corrected chi connectivity index (χ1v) is 8.94. The first-order valence-electron chi connectivity index (χ1n) is 8.56. The van der Waals surface area contributed by atoms with Crippen LogP contribution in [0, 0.1) is 5.82 Å². The Morgan fingerprint density at radius 1 is 1.22 bits per heavy atom. The van der Waals surface area contributed by atoms with E-state index in [1.54, 1.807) is 13.0 Å². The topological polar surface area (TPSA) is 58.6 Å². The number of ether oxygens (including phenoxy) is 1. The van der Waals surface area contributed by atoms with Gasteiger partial charge in [0, 0.05) is 10.6 Å². The van der Waals surface area contributed by atoms with Crippen molar-refractivity contribution in [2.24, 2.45) is 0 Å². The number of amides is 3. The molecule has 1 aliphatic heterocycles. The average molecular weight is 391 g/mol. The standard InChI is InChI=1S/C20H20ClFN2O3/c1-12(2)27-15-6-4-5-13(9-15)11-24-18(25)20(3,23-19(24)26)16-8-7-14(22)10-17(16)21/h4-10,12H,11H2,1-3H3,(H,23,26). The number of carbonyl (C=O) groups is 2. The van der Waals surface area contributed by atoms with Crippen LogP contribution >= 0.6 is 11.6 Å². The van der Waals surface area contributed by atoms with E-state index in [9.17, 15) is 14.0 Å². The summed E-state index contributed by atoms with van der Waals surface area (Å²) in [7, 11) is 0. The Kier molecular flexibility index (Phi) is 5.11. The van der Waals surface area contributed by atoms with Crippen molar-refractivity contribution in [2.45, 2.75) is 39.0 Å². The molecular formula is C20H20ClFN2O3. The zero-order valence-corrected chi connectivity index (χ0v) is 16.0. The molecule has 1 saturated heterocycles. The summed E-state index contributed by atoms with van der Waals surface area (Å²) in [4.78, 5) is 26.6. The molecule has 2 aromatic rings. The summed E-state index contributed by atoms with van der Waals surface area (Å²) in [6, 6.07) is 10.4. The lowest BCUT2D eigenvalue weighted by Crippen LogP contribution is -2.41. The van der Waals surface area contributed by atoms with Crippen molar-refractivity contribution in [3.8, 4) is 5.75 Å². The van der Waals surface area contributed by atoms with Gasteiger partial charge in [0.15, 0.2) is 0 Å². The van der Waals surface area contributed by atoms with Crippen LogP contribution in [0.5, 0.6) is 5.75 Å². The van der Waals surface area contributed by atoms with Crippen LogP contribution in [0.1, 0.15) is 31.9 Å². The van der Waals surface area contributed by atoms with Crippen molar-refractivity contribution >= 4 is 23.5 Å². The monoisotopic (exact) mass is 390 g/mol. The van der Waals surface area contributed by atoms with Gasteiger partial charge in [-0.25, -0.2) is 9.18 Å². The van der Waals surface area contributed by atoms with Gasteiger partial charge < -0.3 is 10.1 Å². The Bertz CT molecular complexity index is 903. The SMILES string of the molecule is CC(C)Oc1cccc(CN2C(=O)NC(C)(c3ccc(F)cc3Cl)C2=O)c1. The molecule has 3 amide bonds. The maximum Gasteiger partial charge on any atom is 0.325 e. The zero-order valence-electron chi connectivity index (χ0n) is 15.3. The fourth-order valence-corrected chi connectivity index (χ4v) is 3.45. The molecule has 2 aromatic carbocycles. The third-order valence-electron chi connectivity index (χ3n) is 4.36. The predicted molar refractivity (Wildman–Crippen MR) is 100 cm³/mol. The van der Waals surface area contributed by atoms with Crippen LogP contribution in [0.3, 0.4) is 0 Å². The van der Waals surface area contributed by atoms with Crippen LogP contribution in [-0.4, -0.2) is 22.9 Å². The zero-order chi connectivity index (χ0) is 19.8. The van der Waals surface area contributed by atoms with Crippen molar-refractivity contribution in [1.82, 2.24) is 10.2 Å². The van der Waals surface area contributed by atoms with E-state index in [4.69, 9.17) is 16.3 Å². The highest BCUT2D eigenvalue weighted by molar-refractivity contribution is 6.32. The minimum atomic E-state index is -1.35. The summed E-state index contributed by atoms with van der Waals surface area (Å²) in [6.45, 7) is 5.49. The number of carbonyl (C=O) groups excluding carboxylic acids is 2. The second kappa shape index (κ2) is 7.19. The van der Waals surface area contributed by atoms with Crippen LogP contribution in [0.25, 0.3) is 0 Å². The van der Waals surface area contributed by atoms with Gasteiger partial charge >= 0.3 is 6.03 Å². The molecule has 1 fully saturated rings. The Morgan fingerprint density at radius 2 is 1.96 bits per heavy atom. The van der Waals surface area contributed by atoms with E-state index < -0.39 is 23.3 Å². The highest BCUT2D eigenvalue weighted by atomic mass is 35.5. The van der Waals surface area contributed by atoms with Crippen molar-refractivity contribution < 1.29 is 18.7 Å². The van der Waals surface area contributed by atoms with Gasteiger partial charge in [0.05, 0.1) is 12.6 Å². The quantitative estimate of drug-likeness (QED) is 0.777. The van der Waals surface area contributed by atoms with Crippen molar-refractivity contribution in [2.75, 3.05) is 0 Å². The molecule has 1 heterocycles.